The van der Waals surface area contributed by atoms with Crippen LogP contribution in [0.5, 0.6) is 0 Å². The summed E-state index contributed by atoms with van der Waals surface area (Å²) >= 11 is 0. The predicted molar refractivity (Wildman–Crippen MR) is 200 cm³/mol. The van der Waals surface area contributed by atoms with Crippen molar-refractivity contribution in [3.63, 3.8) is 0 Å². The zero-order chi connectivity index (χ0) is 34.1. The highest BCUT2D eigenvalue weighted by molar-refractivity contribution is 6.11. The second-order valence-corrected chi connectivity index (χ2v) is 12.2. The van der Waals surface area contributed by atoms with Gasteiger partial charge < -0.3 is 42.6 Å². The van der Waals surface area contributed by atoms with Gasteiger partial charge in [-0.05, 0) is 68.8 Å². The molecule has 0 saturated heterocycles. The average Bonchev–Trinajstić information content (AvgIpc) is 3.12. The smallest absolute Gasteiger partial charge is 0.306 e. The Labute approximate surface area is 285 Å². The number of benzene rings is 5. The quantitative estimate of drug-likeness (QED) is 0.0208. The van der Waals surface area contributed by atoms with Crippen LogP contribution in [0.3, 0.4) is 0 Å². The fourth-order valence-corrected chi connectivity index (χ4v) is 5.87. The third-order valence-corrected chi connectivity index (χ3v) is 8.33. The van der Waals surface area contributed by atoms with E-state index in [4.69, 9.17) is 10.5 Å². The fourth-order valence-electron chi connectivity index (χ4n) is 5.87. The van der Waals surface area contributed by atoms with E-state index in [1.165, 1.54) is 0 Å². The first-order chi connectivity index (χ1) is 23.9. The number of nitrogens with two attached hydrogens (primary N) is 1. The number of unbranched alkanes of at least 4 members (excludes halogenated alkanes) is 1. The summed E-state index contributed by atoms with van der Waals surface area (Å²) in [5, 5.41) is 17.1. The molecule has 5 aromatic carbocycles. The van der Waals surface area contributed by atoms with Crippen LogP contribution in [-0.2, 0) is 14.3 Å². The molecule has 0 saturated carbocycles. The van der Waals surface area contributed by atoms with E-state index in [0.717, 1.165) is 68.5 Å². The molecule has 5 aromatic rings. The minimum absolute atomic E-state index is 0.0176. The van der Waals surface area contributed by atoms with E-state index in [0.29, 0.717) is 13.1 Å². The number of nitrogens with one attached hydrogen (secondary N) is 6. The van der Waals surface area contributed by atoms with E-state index in [9.17, 15) is 9.59 Å². The molecule has 49 heavy (non-hydrogen) atoms. The number of hydrogen-bond donors (Lipinski definition) is 7. The number of rotatable bonds is 15. The van der Waals surface area contributed by atoms with E-state index in [2.05, 4.69) is 55.3 Å². The van der Waals surface area contributed by atoms with Crippen molar-refractivity contribution in [2.45, 2.75) is 38.3 Å². The SMILES string of the molecule is CC1(COC(=O)CCC(=O)NCCCCN)Nc2cccc3c(NNc4ccc(N=CNc5ccccc5)c5ccccc45)ccc(c23)N1. The van der Waals surface area contributed by atoms with Crippen LogP contribution in [-0.4, -0.2) is 43.6 Å². The Kier molecular flexibility index (Phi) is 10.4. The molecule has 0 spiro atoms. The number of carbonyl (C=O) groups is 2. The van der Waals surface area contributed by atoms with E-state index in [-0.39, 0.29) is 25.4 Å². The molecule has 252 valence electrons. The summed E-state index contributed by atoms with van der Waals surface area (Å²) in [4.78, 5) is 29.2. The average molecular weight is 659 g/mol. The van der Waals surface area contributed by atoms with Gasteiger partial charge in [-0.25, -0.2) is 4.99 Å². The van der Waals surface area contributed by atoms with Crippen molar-refractivity contribution in [3.8, 4) is 0 Å². The van der Waals surface area contributed by atoms with Gasteiger partial charge in [0.05, 0.1) is 29.8 Å². The topological polar surface area (TPSA) is 154 Å². The first-order valence-corrected chi connectivity index (χ1v) is 16.5. The molecule has 0 aromatic heterocycles. The van der Waals surface area contributed by atoms with Crippen LogP contribution in [0.1, 0.15) is 32.6 Å². The Bertz CT molecular complexity index is 1950. The maximum atomic E-state index is 12.5. The number of fused-ring (bicyclic) bond motifs is 1. The van der Waals surface area contributed by atoms with Gasteiger partial charge in [0.25, 0.3) is 0 Å². The summed E-state index contributed by atoms with van der Waals surface area (Å²) in [5.41, 5.74) is 17.1. The number of carbonyl (C=O) groups excluding carboxylic acids is 2. The van der Waals surface area contributed by atoms with Crippen LogP contribution < -0.4 is 37.9 Å². The Hall–Kier alpha value is -5.81. The molecule has 1 aliphatic heterocycles. The maximum absolute atomic E-state index is 12.5. The van der Waals surface area contributed by atoms with Crippen molar-refractivity contribution in [2.75, 3.05) is 46.5 Å². The molecule has 1 amide bonds. The van der Waals surface area contributed by atoms with Crippen LogP contribution in [0.4, 0.5) is 34.1 Å². The summed E-state index contributed by atoms with van der Waals surface area (Å²) in [6.07, 6.45) is 3.49. The lowest BCUT2D eigenvalue weighted by atomic mass is 9.99. The van der Waals surface area contributed by atoms with E-state index in [1.54, 1.807) is 6.34 Å². The third-order valence-electron chi connectivity index (χ3n) is 8.33. The zero-order valence-corrected chi connectivity index (χ0v) is 27.5. The highest BCUT2D eigenvalue weighted by atomic mass is 16.5. The van der Waals surface area contributed by atoms with E-state index in [1.807, 2.05) is 85.8 Å². The van der Waals surface area contributed by atoms with Crippen LogP contribution in [0.25, 0.3) is 21.5 Å². The fraction of sp³-hybridized carbons (Fsp3) is 0.237. The highest BCUT2D eigenvalue weighted by Gasteiger charge is 2.32. The summed E-state index contributed by atoms with van der Waals surface area (Å²) < 4.78 is 5.59. The largest absolute Gasteiger partial charge is 0.461 e. The van der Waals surface area contributed by atoms with Crippen LogP contribution >= 0.6 is 0 Å². The molecule has 11 heteroatoms. The molecule has 0 aliphatic carbocycles. The first kappa shape index (κ1) is 33.1. The normalized spacial score (nSPS) is 15.0. The molecule has 1 heterocycles. The Balaban J connectivity index is 1.10. The van der Waals surface area contributed by atoms with Gasteiger partial charge in [-0.3, -0.25) is 9.59 Å². The van der Waals surface area contributed by atoms with Gasteiger partial charge in [-0.1, -0.05) is 54.6 Å². The van der Waals surface area contributed by atoms with E-state index < -0.39 is 11.6 Å². The Morgan fingerprint density at radius 2 is 1.49 bits per heavy atom. The maximum Gasteiger partial charge on any atom is 0.306 e. The molecule has 1 unspecified atom stereocenters. The minimum Gasteiger partial charge on any atom is -0.461 e. The van der Waals surface area contributed by atoms with Crippen molar-refractivity contribution in [2.24, 2.45) is 10.7 Å². The van der Waals surface area contributed by atoms with E-state index >= 15 is 0 Å². The van der Waals surface area contributed by atoms with Crippen molar-refractivity contribution in [1.29, 1.82) is 0 Å². The lowest BCUT2D eigenvalue weighted by Crippen LogP contribution is -2.49. The molecule has 0 bridgehead atoms. The van der Waals surface area contributed by atoms with Gasteiger partial charge in [0.15, 0.2) is 0 Å². The summed E-state index contributed by atoms with van der Waals surface area (Å²) in [6, 6.07) is 32.2. The highest BCUT2D eigenvalue weighted by Crippen LogP contribution is 2.41. The van der Waals surface area contributed by atoms with Gasteiger partial charge in [0.1, 0.15) is 12.3 Å². The monoisotopic (exact) mass is 658 g/mol. The number of ether oxygens (including phenoxy) is 1. The molecule has 0 radical (unpaired) electrons. The van der Waals surface area contributed by atoms with Crippen molar-refractivity contribution >= 4 is 73.9 Å². The number of amides is 1. The number of hydrazine groups is 1. The molecule has 1 atom stereocenters. The predicted octanol–water partition coefficient (Wildman–Crippen LogP) is 6.94. The standard InChI is InChI=1S/C38H42N8O3/c1-38(24-49-36(48)21-20-35(47)40-23-8-7-22-39)43-33-15-9-14-29-32(18-19-34(44-38)37(29)33)46-45-31-17-16-30(27-12-5-6-13-28(27)31)42-25-41-26-10-3-2-4-11-26/h2-6,9-19,25,43-46H,7-8,20-24,39H2,1H3,(H,40,47)(H,41,42). The molecule has 6 rings (SSSR count). The van der Waals surface area contributed by atoms with Gasteiger partial charge >= 0.3 is 5.97 Å². The number of esters is 1. The van der Waals surface area contributed by atoms with Gasteiger partial charge in [0.2, 0.25) is 5.91 Å². The number of nitrogens with zero attached hydrogens (tertiary/aromatic N) is 1. The Morgan fingerprint density at radius 3 is 2.29 bits per heavy atom. The van der Waals surface area contributed by atoms with Crippen LogP contribution in [0.2, 0.25) is 0 Å². The minimum atomic E-state index is -0.742. The molecular formula is C38H42N8O3. The summed E-state index contributed by atoms with van der Waals surface area (Å²) in [5.74, 6) is -0.590. The van der Waals surface area contributed by atoms with Crippen molar-refractivity contribution in [1.82, 2.24) is 5.32 Å². The second kappa shape index (κ2) is 15.4. The summed E-state index contributed by atoms with van der Waals surface area (Å²) in [7, 11) is 0. The zero-order valence-electron chi connectivity index (χ0n) is 27.5. The number of anilines is 5. The Morgan fingerprint density at radius 1 is 0.796 bits per heavy atom. The lowest BCUT2D eigenvalue weighted by Gasteiger charge is -2.38. The van der Waals surface area contributed by atoms with Gasteiger partial charge in [-0.2, -0.15) is 0 Å². The lowest BCUT2D eigenvalue weighted by molar-refractivity contribution is -0.146. The molecule has 8 N–H and O–H groups in total. The van der Waals surface area contributed by atoms with Gasteiger partial charge in [0, 0.05) is 51.6 Å². The van der Waals surface area contributed by atoms with Gasteiger partial charge in [-0.15, -0.1) is 0 Å². The number of hydrogen-bond acceptors (Lipinski definition) is 9. The number of aliphatic imine (C=N–C) groups is 1. The summed E-state index contributed by atoms with van der Waals surface area (Å²) in [6.45, 7) is 3.17. The van der Waals surface area contributed by atoms with Crippen LogP contribution in [0.15, 0.2) is 102 Å². The molecule has 1 aliphatic rings. The molecule has 0 fully saturated rings. The third kappa shape index (κ3) is 8.20. The molecule has 11 nitrogen and oxygen atoms in total. The van der Waals surface area contributed by atoms with Crippen molar-refractivity contribution < 1.29 is 14.3 Å². The van der Waals surface area contributed by atoms with Crippen LogP contribution in [0, 0.1) is 0 Å². The molecular weight excluding hydrogens is 616 g/mol. The number of para-hydroxylation sites is 1. The second-order valence-electron chi connectivity index (χ2n) is 12.2. The first-order valence-electron chi connectivity index (χ1n) is 16.5. The van der Waals surface area contributed by atoms with Crippen molar-refractivity contribution in [3.05, 3.63) is 97.1 Å².